The average molecular weight is 240 g/mol. The standard InChI is InChI=1S/C14H28N2O/c1-5-15-11-7-6-8-16(10-11)12-9-13(17-4)14(12,2)3/h11-13,15H,5-10H2,1-4H3. The highest BCUT2D eigenvalue weighted by Gasteiger charge is 2.51. The lowest BCUT2D eigenvalue weighted by Gasteiger charge is -2.57. The molecule has 2 fully saturated rings. The van der Waals surface area contributed by atoms with Crippen molar-refractivity contribution >= 4 is 0 Å². The molecule has 0 aromatic carbocycles. The molecule has 0 aromatic rings. The van der Waals surface area contributed by atoms with Crippen LogP contribution in [0.3, 0.4) is 0 Å². The Balaban J connectivity index is 1.90. The van der Waals surface area contributed by atoms with E-state index in [1.54, 1.807) is 0 Å². The molecular weight excluding hydrogens is 212 g/mol. The molecule has 0 radical (unpaired) electrons. The third-order valence-corrected chi connectivity index (χ3v) is 4.80. The predicted molar refractivity (Wildman–Crippen MR) is 71.3 cm³/mol. The van der Waals surface area contributed by atoms with E-state index in [0.29, 0.717) is 23.6 Å². The van der Waals surface area contributed by atoms with Crippen molar-refractivity contribution in [1.82, 2.24) is 10.2 Å². The second-order valence-electron chi connectivity index (χ2n) is 6.19. The molecule has 1 heterocycles. The topological polar surface area (TPSA) is 24.5 Å². The molecule has 3 heteroatoms. The van der Waals surface area contributed by atoms with E-state index in [0.717, 1.165) is 6.54 Å². The van der Waals surface area contributed by atoms with Gasteiger partial charge in [0, 0.05) is 31.2 Å². The lowest BCUT2D eigenvalue weighted by Crippen LogP contribution is -2.64. The van der Waals surface area contributed by atoms with Crippen LogP contribution in [-0.2, 0) is 4.74 Å². The smallest absolute Gasteiger partial charge is 0.0652 e. The number of likely N-dealkylation sites (N-methyl/N-ethyl adjacent to an activating group) is 1. The molecule has 1 saturated carbocycles. The van der Waals surface area contributed by atoms with Gasteiger partial charge in [0.05, 0.1) is 6.10 Å². The van der Waals surface area contributed by atoms with Crippen molar-refractivity contribution in [2.24, 2.45) is 5.41 Å². The quantitative estimate of drug-likeness (QED) is 0.812. The van der Waals surface area contributed by atoms with Crippen LogP contribution in [0, 0.1) is 5.41 Å². The van der Waals surface area contributed by atoms with Crippen molar-refractivity contribution < 1.29 is 4.74 Å². The number of methoxy groups -OCH3 is 1. The molecule has 1 saturated heterocycles. The van der Waals surface area contributed by atoms with Crippen molar-refractivity contribution in [2.75, 3.05) is 26.7 Å². The van der Waals surface area contributed by atoms with Gasteiger partial charge in [-0.1, -0.05) is 20.8 Å². The van der Waals surface area contributed by atoms with E-state index in [1.807, 2.05) is 7.11 Å². The largest absolute Gasteiger partial charge is 0.381 e. The zero-order valence-electron chi connectivity index (χ0n) is 11.8. The number of hydrogen-bond donors (Lipinski definition) is 1. The zero-order chi connectivity index (χ0) is 12.5. The van der Waals surface area contributed by atoms with Gasteiger partial charge in [0.1, 0.15) is 0 Å². The molecule has 0 bridgehead atoms. The molecule has 3 atom stereocenters. The van der Waals surface area contributed by atoms with Crippen LogP contribution < -0.4 is 5.32 Å². The van der Waals surface area contributed by atoms with Crippen molar-refractivity contribution in [3.63, 3.8) is 0 Å². The molecule has 1 aliphatic heterocycles. The van der Waals surface area contributed by atoms with E-state index >= 15 is 0 Å². The van der Waals surface area contributed by atoms with Gasteiger partial charge < -0.3 is 10.1 Å². The summed E-state index contributed by atoms with van der Waals surface area (Å²) in [7, 11) is 1.85. The first-order chi connectivity index (χ1) is 8.09. The van der Waals surface area contributed by atoms with Gasteiger partial charge in [-0.3, -0.25) is 4.90 Å². The Labute approximate surface area is 106 Å². The van der Waals surface area contributed by atoms with Crippen LogP contribution in [0.4, 0.5) is 0 Å². The monoisotopic (exact) mass is 240 g/mol. The minimum atomic E-state index is 0.322. The van der Waals surface area contributed by atoms with Gasteiger partial charge in [-0.05, 0) is 32.4 Å². The molecule has 1 N–H and O–H groups in total. The van der Waals surface area contributed by atoms with Crippen LogP contribution in [0.2, 0.25) is 0 Å². The summed E-state index contributed by atoms with van der Waals surface area (Å²) in [6, 6.07) is 1.42. The summed E-state index contributed by atoms with van der Waals surface area (Å²) in [6.07, 6.45) is 4.34. The van der Waals surface area contributed by atoms with Crippen molar-refractivity contribution in [3.8, 4) is 0 Å². The van der Waals surface area contributed by atoms with Crippen LogP contribution >= 0.6 is 0 Å². The van der Waals surface area contributed by atoms with Crippen LogP contribution in [0.5, 0.6) is 0 Å². The zero-order valence-corrected chi connectivity index (χ0v) is 11.8. The normalized spacial score (nSPS) is 37.8. The Hall–Kier alpha value is -0.120. The number of rotatable bonds is 4. The van der Waals surface area contributed by atoms with E-state index in [9.17, 15) is 0 Å². The number of nitrogens with zero attached hydrogens (tertiary/aromatic N) is 1. The Kier molecular flexibility index (Phi) is 4.11. The fourth-order valence-corrected chi connectivity index (χ4v) is 3.63. The van der Waals surface area contributed by atoms with Gasteiger partial charge in [-0.15, -0.1) is 0 Å². The van der Waals surface area contributed by atoms with Crippen LogP contribution in [0.15, 0.2) is 0 Å². The first-order valence-electron chi connectivity index (χ1n) is 7.09. The number of piperidine rings is 1. The molecule has 3 unspecified atom stereocenters. The summed E-state index contributed by atoms with van der Waals surface area (Å²) in [5.74, 6) is 0. The van der Waals surface area contributed by atoms with Crippen LogP contribution in [-0.4, -0.2) is 49.8 Å². The summed E-state index contributed by atoms with van der Waals surface area (Å²) in [4.78, 5) is 2.69. The summed E-state index contributed by atoms with van der Waals surface area (Å²) in [6.45, 7) is 10.5. The summed E-state index contributed by atoms with van der Waals surface area (Å²) in [5.41, 5.74) is 0.322. The third-order valence-electron chi connectivity index (χ3n) is 4.80. The van der Waals surface area contributed by atoms with Crippen LogP contribution in [0.25, 0.3) is 0 Å². The first-order valence-corrected chi connectivity index (χ1v) is 7.09. The fraction of sp³-hybridized carbons (Fsp3) is 1.00. The first kappa shape index (κ1) is 13.3. The van der Waals surface area contributed by atoms with E-state index < -0.39 is 0 Å². The molecule has 100 valence electrons. The number of nitrogens with one attached hydrogen (secondary N) is 1. The number of likely N-dealkylation sites (tertiary alicyclic amines) is 1. The van der Waals surface area contributed by atoms with Gasteiger partial charge in [0.2, 0.25) is 0 Å². The van der Waals surface area contributed by atoms with Gasteiger partial charge in [-0.25, -0.2) is 0 Å². The number of ether oxygens (including phenoxy) is 1. The minimum absolute atomic E-state index is 0.322. The molecule has 0 aromatic heterocycles. The molecule has 0 spiro atoms. The lowest BCUT2D eigenvalue weighted by molar-refractivity contribution is -0.142. The molecule has 2 rings (SSSR count). The van der Waals surface area contributed by atoms with Crippen molar-refractivity contribution in [3.05, 3.63) is 0 Å². The maximum Gasteiger partial charge on any atom is 0.0652 e. The van der Waals surface area contributed by atoms with E-state index in [4.69, 9.17) is 4.74 Å². The van der Waals surface area contributed by atoms with Crippen LogP contribution in [0.1, 0.15) is 40.0 Å². The van der Waals surface area contributed by atoms with Gasteiger partial charge >= 0.3 is 0 Å². The Bertz CT molecular complexity index is 253. The van der Waals surface area contributed by atoms with E-state index in [-0.39, 0.29) is 0 Å². The molecule has 17 heavy (non-hydrogen) atoms. The highest BCUT2D eigenvalue weighted by Crippen LogP contribution is 2.46. The maximum absolute atomic E-state index is 5.55. The fourth-order valence-electron chi connectivity index (χ4n) is 3.63. The summed E-state index contributed by atoms with van der Waals surface area (Å²) >= 11 is 0. The third kappa shape index (κ3) is 2.51. The average Bonchev–Trinajstić information content (AvgIpc) is 2.29. The predicted octanol–water partition coefficient (Wildman–Crippen LogP) is 1.87. The second kappa shape index (κ2) is 5.25. The summed E-state index contributed by atoms with van der Waals surface area (Å²) < 4.78 is 5.55. The minimum Gasteiger partial charge on any atom is -0.381 e. The lowest BCUT2D eigenvalue weighted by atomic mass is 9.63. The highest BCUT2D eigenvalue weighted by molar-refractivity contribution is 5.04. The van der Waals surface area contributed by atoms with E-state index in [1.165, 1.54) is 32.4 Å². The van der Waals surface area contributed by atoms with E-state index in [2.05, 4.69) is 31.0 Å². The SMILES string of the molecule is CCNC1CCCN(C2CC(OC)C2(C)C)C1. The van der Waals surface area contributed by atoms with Gasteiger partial charge in [-0.2, -0.15) is 0 Å². The Morgan fingerprint density at radius 1 is 1.41 bits per heavy atom. The second-order valence-corrected chi connectivity index (χ2v) is 6.19. The van der Waals surface area contributed by atoms with Gasteiger partial charge in [0.25, 0.3) is 0 Å². The number of hydrogen-bond acceptors (Lipinski definition) is 3. The summed E-state index contributed by atoms with van der Waals surface area (Å²) in [5, 5.41) is 3.60. The highest BCUT2D eigenvalue weighted by atomic mass is 16.5. The Morgan fingerprint density at radius 2 is 2.18 bits per heavy atom. The molecule has 1 aliphatic carbocycles. The molecule has 0 amide bonds. The molecule has 3 nitrogen and oxygen atoms in total. The van der Waals surface area contributed by atoms with Gasteiger partial charge in [0.15, 0.2) is 0 Å². The Morgan fingerprint density at radius 3 is 2.76 bits per heavy atom. The molecule has 2 aliphatic rings. The molecular formula is C14H28N2O. The van der Waals surface area contributed by atoms with Crippen molar-refractivity contribution in [2.45, 2.75) is 58.2 Å². The maximum atomic E-state index is 5.55. The van der Waals surface area contributed by atoms with Crippen molar-refractivity contribution in [1.29, 1.82) is 0 Å².